The van der Waals surface area contributed by atoms with Crippen LogP contribution in [-0.2, 0) is 11.5 Å². The first-order chi connectivity index (χ1) is 22.1. The number of carbonyl (C=O) groups excluding carboxylic acids is 2. The fourth-order valence-electron chi connectivity index (χ4n) is 5.17. The summed E-state index contributed by atoms with van der Waals surface area (Å²) in [6, 6.07) is 14.6. The van der Waals surface area contributed by atoms with Crippen molar-refractivity contribution in [3.8, 4) is 23.2 Å². The Morgan fingerprint density at radius 2 is 1.09 bits per heavy atom. The minimum Gasteiger partial charge on any atom is -0.418 e. The molecule has 0 aliphatic heterocycles. The first kappa shape index (κ1) is 32.2. The highest BCUT2D eigenvalue weighted by molar-refractivity contribution is 9.10. The van der Waals surface area contributed by atoms with Gasteiger partial charge in [0.1, 0.15) is 11.4 Å². The third-order valence-electron chi connectivity index (χ3n) is 7.31. The summed E-state index contributed by atoms with van der Waals surface area (Å²) in [7, 11) is 3.02. The van der Waals surface area contributed by atoms with Crippen LogP contribution in [0.5, 0.6) is 0 Å². The number of hydrogen-bond donors (Lipinski definition) is 2. The van der Waals surface area contributed by atoms with Gasteiger partial charge in [-0.3, -0.25) is 9.59 Å². The number of rotatable bonds is 11. The molecule has 0 saturated carbocycles. The Hall–Kier alpha value is -3.72. The Kier molecular flexibility index (Phi) is 9.50. The molecule has 0 radical (unpaired) electrons. The molecule has 0 fully saturated rings. The van der Waals surface area contributed by atoms with Gasteiger partial charge in [0.15, 0.2) is 11.6 Å². The molecule has 0 atom stereocenters. The number of nitrogens with zero attached hydrogens (tertiary/aromatic N) is 4. The van der Waals surface area contributed by atoms with Gasteiger partial charge in [-0.1, -0.05) is 77.7 Å². The third kappa shape index (κ3) is 6.57. The molecule has 6 aromatic rings. The molecule has 0 aliphatic rings. The van der Waals surface area contributed by atoms with E-state index in [1.165, 1.54) is 21.6 Å². The lowest BCUT2D eigenvalue weighted by Gasteiger charge is -2.03. The van der Waals surface area contributed by atoms with E-state index >= 15 is 0 Å². The summed E-state index contributed by atoms with van der Waals surface area (Å²) >= 11 is 6.86. The Bertz CT molecular complexity index is 1950. The van der Waals surface area contributed by atoms with Crippen LogP contribution in [0.25, 0.3) is 23.2 Å². The lowest BCUT2D eigenvalue weighted by molar-refractivity contribution is 0.103. The van der Waals surface area contributed by atoms with Gasteiger partial charge in [0.25, 0.3) is 11.8 Å². The summed E-state index contributed by atoms with van der Waals surface area (Å²) in [6.07, 6.45) is 0. The van der Waals surface area contributed by atoms with Crippen molar-refractivity contribution in [2.75, 3.05) is 0 Å². The van der Waals surface area contributed by atoms with Crippen molar-refractivity contribution < 1.29 is 18.4 Å². The number of aromatic nitrogens is 6. The maximum atomic E-state index is 13.2. The molecule has 2 N–H and O–H groups in total. The number of ketones is 2. The molecule has 4 heterocycles. The van der Waals surface area contributed by atoms with Crippen LogP contribution in [0.1, 0.15) is 66.1 Å². The second-order valence-electron chi connectivity index (χ2n) is 10.5. The van der Waals surface area contributed by atoms with Crippen LogP contribution in [-0.4, -0.2) is 41.9 Å². The normalized spacial score (nSPS) is 11.3. The fraction of sp³-hybridized carbons (Fsp3) is 0.188. The molecule has 2 aromatic carbocycles. The molecule has 0 bridgehead atoms. The Morgan fingerprint density at radius 3 is 1.48 bits per heavy atom. The van der Waals surface area contributed by atoms with Crippen molar-refractivity contribution >= 4 is 65.0 Å². The summed E-state index contributed by atoms with van der Waals surface area (Å²) in [4.78, 5) is 33.0. The molecular weight excluding hydrogens is 756 g/mol. The van der Waals surface area contributed by atoms with Crippen molar-refractivity contribution in [3.63, 3.8) is 0 Å². The van der Waals surface area contributed by atoms with Gasteiger partial charge in [0.05, 0.1) is 11.5 Å². The molecule has 46 heavy (non-hydrogen) atoms. The van der Waals surface area contributed by atoms with Crippen LogP contribution in [0.2, 0.25) is 0 Å². The molecule has 234 valence electrons. The molecule has 0 amide bonds. The second-order valence-corrected chi connectivity index (χ2v) is 14.7. The summed E-state index contributed by atoms with van der Waals surface area (Å²) < 4.78 is 13.5. The van der Waals surface area contributed by atoms with E-state index in [0.717, 1.165) is 31.5 Å². The quantitative estimate of drug-likeness (QED) is 0.0744. The summed E-state index contributed by atoms with van der Waals surface area (Å²) in [5.74, 6) is 2.30. The van der Waals surface area contributed by atoms with Gasteiger partial charge in [0.2, 0.25) is 11.8 Å². The van der Waals surface area contributed by atoms with Crippen molar-refractivity contribution in [2.24, 2.45) is 0 Å². The molecule has 0 unspecified atom stereocenters. The zero-order valence-corrected chi connectivity index (χ0v) is 29.8. The van der Waals surface area contributed by atoms with E-state index in [9.17, 15) is 9.59 Å². The minimum atomic E-state index is -0.0780. The van der Waals surface area contributed by atoms with Crippen LogP contribution >= 0.6 is 53.4 Å². The topological polar surface area (TPSA) is 144 Å². The van der Waals surface area contributed by atoms with Gasteiger partial charge in [-0.05, 0) is 63.1 Å². The maximum Gasteiger partial charge on any atom is 0.264 e. The molecule has 14 heteroatoms. The van der Waals surface area contributed by atoms with Crippen LogP contribution in [0.4, 0.5) is 0 Å². The van der Waals surface area contributed by atoms with Gasteiger partial charge in [-0.25, -0.2) is 0 Å². The van der Waals surface area contributed by atoms with E-state index in [2.05, 4.69) is 62.2 Å². The number of hydrogen-bond acceptors (Lipinski definition) is 10. The van der Waals surface area contributed by atoms with Crippen molar-refractivity contribution in [2.45, 2.75) is 39.2 Å². The van der Waals surface area contributed by atoms with E-state index in [-0.39, 0.29) is 11.6 Å². The standard InChI is InChI=1S/C32H26Br2N6O4S2/c1-15-25(29(41)19-7-5-9-21(33)11-19)17(3)35-27(15)31-39-37-23(43-31)13-45-46-14-24-38-40-32(44-24)28-16(2)26(18(4)36-28)30(42)20-8-6-10-22(34)12-20/h5-12,35-36H,13-14H2,1-4H3. The van der Waals surface area contributed by atoms with Crippen molar-refractivity contribution in [3.05, 3.63) is 114 Å². The highest BCUT2D eigenvalue weighted by atomic mass is 79.9. The lowest BCUT2D eigenvalue weighted by Crippen LogP contribution is -2.03. The highest BCUT2D eigenvalue weighted by Crippen LogP contribution is 2.34. The molecular formula is C32H26Br2N6O4S2. The van der Waals surface area contributed by atoms with Gasteiger partial charge >= 0.3 is 0 Å². The number of nitrogens with one attached hydrogen (secondary N) is 2. The number of carbonyl (C=O) groups is 2. The average Bonchev–Trinajstić information content (AvgIpc) is 3.81. The van der Waals surface area contributed by atoms with Crippen molar-refractivity contribution in [1.82, 2.24) is 30.4 Å². The second kappa shape index (κ2) is 13.6. The van der Waals surface area contributed by atoms with Gasteiger partial charge < -0.3 is 18.8 Å². The smallest absolute Gasteiger partial charge is 0.264 e. The maximum absolute atomic E-state index is 13.2. The first-order valence-electron chi connectivity index (χ1n) is 14.0. The predicted molar refractivity (Wildman–Crippen MR) is 185 cm³/mol. The lowest BCUT2D eigenvalue weighted by atomic mass is 10.00. The number of H-pyrrole nitrogens is 2. The van der Waals surface area contributed by atoms with Gasteiger partial charge in [-0.2, -0.15) is 0 Å². The number of aromatic amines is 2. The zero-order chi connectivity index (χ0) is 32.5. The summed E-state index contributed by atoms with van der Waals surface area (Å²) in [5.41, 5.74) is 6.60. The summed E-state index contributed by atoms with van der Waals surface area (Å²) in [5, 5.41) is 16.8. The van der Waals surface area contributed by atoms with Crippen molar-refractivity contribution in [1.29, 1.82) is 0 Å². The highest BCUT2D eigenvalue weighted by Gasteiger charge is 2.25. The Balaban J connectivity index is 1.07. The largest absolute Gasteiger partial charge is 0.418 e. The number of halogens is 2. The van der Waals surface area contributed by atoms with E-state index in [1.807, 2.05) is 52.0 Å². The average molecular weight is 783 g/mol. The van der Waals surface area contributed by atoms with Crippen LogP contribution in [0, 0.1) is 27.7 Å². The third-order valence-corrected chi connectivity index (χ3v) is 10.4. The minimum absolute atomic E-state index is 0.0780. The van der Waals surface area contributed by atoms with E-state index < -0.39 is 0 Å². The molecule has 6 rings (SSSR count). The SMILES string of the molecule is Cc1[nH]c(-c2nnc(CSSCc3nnc(-c4[nH]c(C)c(C(=O)c5cccc(Br)c5)c4C)o3)o2)c(C)c1C(=O)c1cccc(Br)c1. The predicted octanol–water partition coefficient (Wildman–Crippen LogP) is 8.75. The molecule has 0 spiro atoms. The molecule has 0 aliphatic carbocycles. The van der Waals surface area contributed by atoms with E-state index in [1.54, 1.807) is 24.3 Å². The molecule has 0 saturated heterocycles. The number of benzene rings is 2. The summed E-state index contributed by atoms with van der Waals surface area (Å²) in [6.45, 7) is 7.45. The zero-order valence-electron chi connectivity index (χ0n) is 25.0. The van der Waals surface area contributed by atoms with E-state index in [4.69, 9.17) is 8.83 Å². The Morgan fingerprint density at radius 1 is 0.674 bits per heavy atom. The molecule has 10 nitrogen and oxygen atoms in total. The van der Waals surface area contributed by atoms with E-state index in [0.29, 0.717) is 68.7 Å². The number of aryl methyl sites for hydroxylation is 2. The van der Waals surface area contributed by atoms with Crippen LogP contribution < -0.4 is 0 Å². The van der Waals surface area contributed by atoms with Gasteiger partial charge in [-0.15, -0.1) is 20.4 Å². The monoisotopic (exact) mass is 780 g/mol. The fourth-order valence-corrected chi connectivity index (χ4v) is 7.67. The van der Waals surface area contributed by atoms with Crippen LogP contribution in [0.15, 0.2) is 66.3 Å². The van der Waals surface area contributed by atoms with Gasteiger partial charge in [0, 0.05) is 42.6 Å². The first-order valence-corrected chi connectivity index (χ1v) is 18.1. The molecule has 4 aromatic heterocycles. The van der Waals surface area contributed by atoms with Crippen LogP contribution in [0.3, 0.4) is 0 Å². The Labute approximate surface area is 288 Å².